The summed E-state index contributed by atoms with van der Waals surface area (Å²) >= 11 is 0. The number of ether oxygens (including phenoxy) is 1. The summed E-state index contributed by atoms with van der Waals surface area (Å²) in [5.74, 6) is 0.740. The maximum atomic E-state index is 5.71. The predicted octanol–water partition coefficient (Wildman–Crippen LogP) is 1.10. The Hall–Kier alpha value is -0.120. The molecular weight excluding hydrogens is 188 g/mol. The van der Waals surface area contributed by atoms with Gasteiger partial charge in [0.25, 0.3) is 0 Å². The van der Waals surface area contributed by atoms with E-state index in [0.717, 1.165) is 38.2 Å². The van der Waals surface area contributed by atoms with Crippen molar-refractivity contribution < 1.29 is 4.74 Å². The van der Waals surface area contributed by atoms with E-state index in [-0.39, 0.29) is 0 Å². The maximum absolute atomic E-state index is 5.71. The first kappa shape index (κ1) is 11.4. The first-order valence-electron chi connectivity index (χ1n) is 6.29. The Morgan fingerprint density at radius 3 is 2.73 bits per heavy atom. The van der Waals surface area contributed by atoms with Gasteiger partial charge in [-0.3, -0.25) is 0 Å². The Labute approximate surface area is 93.2 Å². The second-order valence-electron chi connectivity index (χ2n) is 5.17. The van der Waals surface area contributed by atoms with Crippen LogP contribution in [0.1, 0.15) is 26.2 Å². The normalized spacial score (nSPS) is 31.4. The fourth-order valence-corrected chi connectivity index (χ4v) is 2.13. The van der Waals surface area contributed by atoms with Crippen molar-refractivity contribution >= 4 is 0 Å². The lowest BCUT2D eigenvalue weighted by molar-refractivity contribution is 0.0653. The number of hydrogen-bond acceptors (Lipinski definition) is 3. The van der Waals surface area contributed by atoms with E-state index in [2.05, 4.69) is 24.2 Å². The minimum absolute atomic E-state index is 0.468. The largest absolute Gasteiger partial charge is 0.377 e. The van der Waals surface area contributed by atoms with Crippen LogP contribution in [-0.2, 0) is 4.74 Å². The van der Waals surface area contributed by atoms with Gasteiger partial charge in [0.15, 0.2) is 0 Å². The third-order valence-electron chi connectivity index (χ3n) is 3.54. The van der Waals surface area contributed by atoms with Crippen molar-refractivity contribution in [1.82, 2.24) is 10.2 Å². The molecule has 2 unspecified atom stereocenters. The lowest BCUT2D eigenvalue weighted by Crippen LogP contribution is -2.36. The summed E-state index contributed by atoms with van der Waals surface area (Å²) in [5.41, 5.74) is 0. The van der Waals surface area contributed by atoms with Crippen LogP contribution in [0.5, 0.6) is 0 Å². The van der Waals surface area contributed by atoms with Crippen molar-refractivity contribution in [3.63, 3.8) is 0 Å². The molecular formula is C12H24N2O. The molecule has 2 rings (SSSR count). The van der Waals surface area contributed by atoms with E-state index in [0.29, 0.717) is 6.10 Å². The van der Waals surface area contributed by atoms with Crippen LogP contribution >= 0.6 is 0 Å². The molecule has 1 aliphatic carbocycles. The van der Waals surface area contributed by atoms with Gasteiger partial charge in [-0.1, -0.05) is 6.92 Å². The van der Waals surface area contributed by atoms with Gasteiger partial charge in [-0.15, -0.1) is 0 Å². The van der Waals surface area contributed by atoms with Crippen LogP contribution in [0.15, 0.2) is 0 Å². The molecule has 1 N–H and O–H groups in total. The molecule has 3 nitrogen and oxygen atoms in total. The second-order valence-corrected chi connectivity index (χ2v) is 5.17. The van der Waals surface area contributed by atoms with Gasteiger partial charge in [-0.2, -0.15) is 0 Å². The van der Waals surface area contributed by atoms with Crippen molar-refractivity contribution in [3.05, 3.63) is 0 Å². The third-order valence-corrected chi connectivity index (χ3v) is 3.54. The van der Waals surface area contributed by atoms with Gasteiger partial charge in [0.05, 0.1) is 6.10 Å². The van der Waals surface area contributed by atoms with E-state index < -0.39 is 0 Å². The molecule has 15 heavy (non-hydrogen) atoms. The molecule has 2 atom stereocenters. The van der Waals surface area contributed by atoms with Gasteiger partial charge in [0.2, 0.25) is 0 Å². The van der Waals surface area contributed by atoms with Crippen LogP contribution in [-0.4, -0.2) is 50.3 Å². The number of hydrogen-bond donors (Lipinski definition) is 1. The Kier molecular flexibility index (Phi) is 4.00. The standard InChI is InChI=1S/C12H24N2O/c1-10-5-8-15-12(10)9-14(2)7-6-13-11-3-4-11/h10-13H,3-9H2,1-2H3. The predicted molar refractivity (Wildman–Crippen MR) is 62.0 cm³/mol. The Morgan fingerprint density at radius 2 is 2.13 bits per heavy atom. The molecule has 0 aromatic heterocycles. The number of nitrogens with one attached hydrogen (secondary N) is 1. The highest BCUT2D eigenvalue weighted by Crippen LogP contribution is 2.20. The molecule has 1 heterocycles. The fourth-order valence-electron chi connectivity index (χ4n) is 2.13. The average molecular weight is 212 g/mol. The van der Waals surface area contributed by atoms with E-state index in [1.807, 2.05) is 0 Å². The quantitative estimate of drug-likeness (QED) is 0.713. The first-order valence-corrected chi connectivity index (χ1v) is 6.29. The number of rotatable bonds is 6. The SMILES string of the molecule is CC1CCOC1CN(C)CCNC1CC1. The summed E-state index contributed by atoms with van der Waals surface area (Å²) in [6.45, 7) is 6.62. The zero-order chi connectivity index (χ0) is 10.7. The molecule has 0 aromatic rings. The molecule has 0 bridgehead atoms. The summed E-state index contributed by atoms with van der Waals surface area (Å²) < 4.78 is 5.71. The van der Waals surface area contributed by atoms with Gasteiger partial charge in [0.1, 0.15) is 0 Å². The topological polar surface area (TPSA) is 24.5 Å². The second kappa shape index (κ2) is 5.28. The Balaban J connectivity index is 1.56. The van der Waals surface area contributed by atoms with Crippen LogP contribution in [0, 0.1) is 5.92 Å². The Morgan fingerprint density at radius 1 is 1.33 bits per heavy atom. The molecule has 0 radical (unpaired) electrons. The molecule has 2 fully saturated rings. The van der Waals surface area contributed by atoms with Crippen molar-refractivity contribution in [2.75, 3.05) is 33.3 Å². The minimum Gasteiger partial charge on any atom is -0.377 e. The van der Waals surface area contributed by atoms with Gasteiger partial charge >= 0.3 is 0 Å². The molecule has 0 amide bonds. The zero-order valence-electron chi connectivity index (χ0n) is 10.0. The zero-order valence-corrected chi connectivity index (χ0v) is 10.0. The van der Waals surface area contributed by atoms with E-state index >= 15 is 0 Å². The van der Waals surface area contributed by atoms with Crippen LogP contribution in [0.25, 0.3) is 0 Å². The highest BCUT2D eigenvalue weighted by Gasteiger charge is 2.25. The van der Waals surface area contributed by atoms with Crippen molar-refractivity contribution in [2.24, 2.45) is 5.92 Å². The minimum atomic E-state index is 0.468. The highest BCUT2D eigenvalue weighted by atomic mass is 16.5. The summed E-state index contributed by atoms with van der Waals surface area (Å²) in [6.07, 6.45) is 4.47. The third kappa shape index (κ3) is 3.74. The van der Waals surface area contributed by atoms with Crippen LogP contribution in [0.4, 0.5) is 0 Å². The van der Waals surface area contributed by atoms with Crippen molar-refractivity contribution in [2.45, 2.75) is 38.3 Å². The average Bonchev–Trinajstić information content (AvgIpc) is 2.93. The fraction of sp³-hybridized carbons (Fsp3) is 1.00. The van der Waals surface area contributed by atoms with Crippen LogP contribution < -0.4 is 5.32 Å². The van der Waals surface area contributed by atoms with Gasteiger partial charge < -0.3 is 15.0 Å². The first-order chi connectivity index (χ1) is 7.25. The van der Waals surface area contributed by atoms with E-state index in [1.165, 1.54) is 19.3 Å². The summed E-state index contributed by atoms with van der Waals surface area (Å²) in [6, 6.07) is 0.833. The number of nitrogens with zero attached hydrogens (tertiary/aromatic N) is 1. The smallest absolute Gasteiger partial charge is 0.0728 e. The Bertz CT molecular complexity index is 194. The van der Waals surface area contributed by atoms with Crippen molar-refractivity contribution in [1.29, 1.82) is 0 Å². The van der Waals surface area contributed by atoms with Crippen molar-refractivity contribution in [3.8, 4) is 0 Å². The number of likely N-dealkylation sites (N-methyl/N-ethyl adjacent to an activating group) is 1. The summed E-state index contributed by atoms with van der Waals surface area (Å²) in [5, 5.41) is 3.54. The van der Waals surface area contributed by atoms with E-state index in [1.54, 1.807) is 0 Å². The summed E-state index contributed by atoms with van der Waals surface area (Å²) in [7, 11) is 2.20. The van der Waals surface area contributed by atoms with Gasteiger partial charge in [0, 0.05) is 32.3 Å². The molecule has 0 aromatic carbocycles. The lowest BCUT2D eigenvalue weighted by atomic mass is 10.0. The van der Waals surface area contributed by atoms with E-state index in [4.69, 9.17) is 4.74 Å². The molecule has 88 valence electrons. The highest BCUT2D eigenvalue weighted by molar-refractivity contribution is 4.81. The van der Waals surface area contributed by atoms with Crippen LogP contribution in [0.2, 0.25) is 0 Å². The summed E-state index contributed by atoms with van der Waals surface area (Å²) in [4.78, 5) is 2.39. The lowest BCUT2D eigenvalue weighted by Gasteiger charge is -2.23. The molecule has 0 spiro atoms. The van der Waals surface area contributed by atoms with E-state index in [9.17, 15) is 0 Å². The monoisotopic (exact) mass is 212 g/mol. The van der Waals surface area contributed by atoms with Gasteiger partial charge in [-0.05, 0) is 32.2 Å². The maximum Gasteiger partial charge on any atom is 0.0728 e. The molecule has 3 heteroatoms. The molecule has 1 saturated carbocycles. The molecule has 1 saturated heterocycles. The van der Waals surface area contributed by atoms with Gasteiger partial charge in [-0.25, -0.2) is 0 Å². The van der Waals surface area contributed by atoms with Crippen LogP contribution in [0.3, 0.4) is 0 Å². The molecule has 2 aliphatic rings. The molecule has 1 aliphatic heterocycles.